The number of ether oxygens (including phenoxy) is 1. The average Bonchev–Trinajstić information content (AvgIpc) is 3.01. The van der Waals surface area contributed by atoms with Crippen molar-refractivity contribution in [3.8, 4) is 0 Å². The maximum absolute atomic E-state index is 12.3. The average molecular weight is 271 g/mol. The van der Waals surface area contributed by atoms with Crippen LogP contribution in [0.2, 0.25) is 0 Å². The van der Waals surface area contributed by atoms with Crippen LogP contribution >= 0.6 is 0 Å². The van der Waals surface area contributed by atoms with Crippen molar-refractivity contribution >= 4 is 10.0 Å². The lowest BCUT2D eigenvalue weighted by molar-refractivity contribution is 0.109. The third-order valence-corrected chi connectivity index (χ3v) is 5.78. The molecule has 0 aromatic carbocycles. The number of H-pyrrole nitrogens is 1. The first-order valence-corrected chi connectivity index (χ1v) is 7.64. The van der Waals surface area contributed by atoms with E-state index in [0.717, 1.165) is 32.5 Å². The molecule has 7 heteroatoms. The summed E-state index contributed by atoms with van der Waals surface area (Å²) in [5.74, 6) is 0. The topological polar surface area (TPSA) is 75.3 Å². The summed E-state index contributed by atoms with van der Waals surface area (Å²) in [5, 5.41) is 0.0427. The number of aromatic amines is 1. The van der Waals surface area contributed by atoms with Gasteiger partial charge in [-0.1, -0.05) is 0 Å². The minimum atomic E-state index is -3.44. The van der Waals surface area contributed by atoms with E-state index in [1.807, 2.05) is 0 Å². The van der Waals surface area contributed by atoms with Gasteiger partial charge in [0.2, 0.25) is 5.16 Å². The molecule has 0 saturated carbocycles. The maximum atomic E-state index is 12.3. The van der Waals surface area contributed by atoms with E-state index in [1.54, 1.807) is 0 Å². The van der Waals surface area contributed by atoms with Gasteiger partial charge >= 0.3 is 0 Å². The monoisotopic (exact) mass is 271 g/mol. The first-order chi connectivity index (χ1) is 8.62. The molecule has 18 heavy (non-hydrogen) atoms. The summed E-state index contributed by atoms with van der Waals surface area (Å²) < 4.78 is 31.5. The molecule has 6 nitrogen and oxygen atoms in total. The highest BCUT2D eigenvalue weighted by Crippen LogP contribution is 2.39. The Morgan fingerprint density at radius 3 is 2.67 bits per heavy atom. The Labute approximate surface area is 106 Å². The zero-order chi connectivity index (χ0) is 12.6. The molecule has 2 aliphatic rings. The predicted molar refractivity (Wildman–Crippen MR) is 64.4 cm³/mol. The lowest BCUT2D eigenvalue weighted by atomic mass is 9.79. The molecule has 2 fully saturated rings. The fraction of sp³-hybridized carbons (Fsp3) is 0.727. The van der Waals surface area contributed by atoms with Crippen LogP contribution in [0, 0.1) is 5.41 Å². The molecule has 2 saturated heterocycles. The van der Waals surface area contributed by atoms with Crippen LogP contribution in [0.1, 0.15) is 19.3 Å². The van der Waals surface area contributed by atoms with E-state index in [4.69, 9.17) is 4.74 Å². The van der Waals surface area contributed by atoms with Crippen LogP contribution in [0.4, 0.5) is 0 Å². The molecule has 0 aliphatic carbocycles. The standard InChI is InChI=1S/C11H17N3O3S/c15-18(16,10-12-4-5-13-10)14-6-1-11(2-7-14)3-8-17-9-11/h4-5H,1-3,6-9H2,(H,12,13). The number of piperidine rings is 1. The highest BCUT2D eigenvalue weighted by atomic mass is 32.2. The normalized spacial score (nSPS) is 24.7. The molecule has 2 aliphatic heterocycles. The van der Waals surface area contributed by atoms with E-state index in [9.17, 15) is 8.42 Å². The maximum Gasteiger partial charge on any atom is 0.276 e. The van der Waals surface area contributed by atoms with Gasteiger partial charge in [-0.3, -0.25) is 0 Å². The summed E-state index contributed by atoms with van der Waals surface area (Å²) in [7, 11) is -3.44. The first-order valence-electron chi connectivity index (χ1n) is 6.20. The van der Waals surface area contributed by atoms with Crippen molar-refractivity contribution in [1.82, 2.24) is 14.3 Å². The summed E-state index contributed by atoms with van der Waals surface area (Å²) in [6.07, 6.45) is 5.81. The summed E-state index contributed by atoms with van der Waals surface area (Å²) in [6, 6.07) is 0. The highest BCUT2D eigenvalue weighted by molar-refractivity contribution is 7.88. The van der Waals surface area contributed by atoms with Crippen LogP contribution in [0.5, 0.6) is 0 Å². The van der Waals surface area contributed by atoms with Gasteiger partial charge in [0, 0.05) is 32.1 Å². The van der Waals surface area contributed by atoms with Gasteiger partial charge < -0.3 is 9.72 Å². The number of sulfonamides is 1. The van der Waals surface area contributed by atoms with Gasteiger partial charge in [-0.05, 0) is 24.7 Å². The van der Waals surface area contributed by atoms with Gasteiger partial charge in [-0.2, -0.15) is 4.31 Å². The van der Waals surface area contributed by atoms with Crippen molar-refractivity contribution in [3.63, 3.8) is 0 Å². The second-order valence-electron chi connectivity index (χ2n) is 5.10. The third-order valence-electron chi connectivity index (χ3n) is 4.03. The van der Waals surface area contributed by atoms with Crippen LogP contribution in [0.3, 0.4) is 0 Å². The molecular weight excluding hydrogens is 254 g/mol. The van der Waals surface area contributed by atoms with Crippen LogP contribution in [-0.4, -0.2) is 49.0 Å². The van der Waals surface area contributed by atoms with Crippen molar-refractivity contribution in [2.24, 2.45) is 5.41 Å². The second kappa shape index (κ2) is 4.32. The zero-order valence-electron chi connectivity index (χ0n) is 10.1. The lowest BCUT2D eigenvalue weighted by Gasteiger charge is -2.37. The van der Waals surface area contributed by atoms with E-state index < -0.39 is 10.0 Å². The summed E-state index contributed by atoms with van der Waals surface area (Å²) in [4.78, 5) is 6.51. The molecular formula is C11H17N3O3S. The van der Waals surface area contributed by atoms with Crippen LogP contribution in [-0.2, 0) is 14.8 Å². The number of hydrogen-bond donors (Lipinski definition) is 1. The molecule has 0 amide bonds. The predicted octanol–water partition coefficient (Wildman–Crippen LogP) is 0.601. The van der Waals surface area contributed by atoms with Gasteiger partial charge in [-0.15, -0.1) is 0 Å². The van der Waals surface area contributed by atoms with E-state index in [2.05, 4.69) is 9.97 Å². The van der Waals surface area contributed by atoms with Crippen molar-refractivity contribution in [3.05, 3.63) is 12.4 Å². The SMILES string of the molecule is O=S(=O)(c1ncc[nH]1)N1CCC2(CCOC2)CC1. The quantitative estimate of drug-likeness (QED) is 0.854. The highest BCUT2D eigenvalue weighted by Gasteiger charge is 2.41. The fourth-order valence-electron chi connectivity index (χ4n) is 2.76. The lowest BCUT2D eigenvalue weighted by Crippen LogP contribution is -2.43. The molecule has 0 unspecified atom stereocenters. The van der Waals surface area contributed by atoms with Gasteiger partial charge in [0.25, 0.3) is 10.0 Å². The van der Waals surface area contributed by atoms with Crippen molar-refractivity contribution < 1.29 is 13.2 Å². The molecule has 100 valence electrons. The van der Waals surface area contributed by atoms with Gasteiger partial charge in [-0.25, -0.2) is 13.4 Å². The first kappa shape index (κ1) is 12.1. The Hall–Kier alpha value is -0.920. The number of rotatable bonds is 2. The number of aromatic nitrogens is 2. The second-order valence-corrected chi connectivity index (χ2v) is 6.95. The molecule has 1 N–H and O–H groups in total. The number of nitrogens with zero attached hydrogens (tertiary/aromatic N) is 2. The third kappa shape index (κ3) is 1.96. The van der Waals surface area contributed by atoms with Crippen molar-refractivity contribution in [2.75, 3.05) is 26.3 Å². The van der Waals surface area contributed by atoms with Crippen molar-refractivity contribution in [2.45, 2.75) is 24.4 Å². The summed E-state index contributed by atoms with van der Waals surface area (Å²) in [5.41, 5.74) is 0.217. The Balaban J connectivity index is 1.73. The largest absolute Gasteiger partial charge is 0.381 e. The van der Waals surface area contributed by atoms with Crippen LogP contribution in [0.15, 0.2) is 17.6 Å². The molecule has 3 rings (SSSR count). The molecule has 0 radical (unpaired) electrons. The van der Waals surface area contributed by atoms with Crippen LogP contribution < -0.4 is 0 Å². The van der Waals surface area contributed by atoms with Crippen molar-refractivity contribution in [1.29, 1.82) is 0 Å². The minimum Gasteiger partial charge on any atom is -0.381 e. The summed E-state index contributed by atoms with van der Waals surface area (Å²) in [6.45, 7) is 2.71. The Bertz CT molecular complexity index is 496. The Kier molecular flexibility index (Phi) is 2.91. The molecule has 0 atom stereocenters. The van der Waals surface area contributed by atoms with E-state index in [1.165, 1.54) is 16.7 Å². The van der Waals surface area contributed by atoms with E-state index in [-0.39, 0.29) is 10.6 Å². The molecule has 1 aromatic heterocycles. The van der Waals surface area contributed by atoms with E-state index in [0.29, 0.717) is 13.1 Å². The summed E-state index contributed by atoms with van der Waals surface area (Å²) >= 11 is 0. The van der Waals surface area contributed by atoms with Gasteiger partial charge in [0.1, 0.15) is 0 Å². The fourth-order valence-corrected chi connectivity index (χ4v) is 4.08. The van der Waals surface area contributed by atoms with Gasteiger partial charge in [0.05, 0.1) is 6.61 Å². The minimum absolute atomic E-state index is 0.0427. The molecule has 1 aromatic rings. The number of nitrogens with one attached hydrogen (secondary N) is 1. The van der Waals surface area contributed by atoms with Crippen LogP contribution in [0.25, 0.3) is 0 Å². The molecule has 0 bridgehead atoms. The van der Waals surface area contributed by atoms with Gasteiger partial charge in [0.15, 0.2) is 0 Å². The smallest absolute Gasteiger partial charge is 0.276 e. The Morgan fingerprint density at radius 1 is 1.33 bits per heavy atom. The molecule has 1 spiro atoms. The number of imidazole rings is 1. The zero-order valence-corrected chi connectivity index (χ0v) is 10.9. The number of hydrogen-bond acceptors (Lipinski definition) is 4. The Morgan fingerprint density at radius 2 is 2.11 bits per heavy atom. The molecule has 3 heterocycles. The van der Waals surface area contributed by atoms with E-state index >= 15 is 0 Å².